The van der Waals surface area contributed by atoms with Crippen molar-refractivity contribution in [3.63, 3.8) is 0 Å². The van der Waals surface area contributed by atoms with Crippen LogP contribution >= 0.6 is 0 Å². The van der Waals surface area contributed by atoms with Gasteiger partial charge in [-0.2, -0.15) is 0 Å². The van der Waals surface area contributed by atoms with E-state index in [4.69, 9.17) is 10.3 Å². The Morgan fingerprint density at radius 3 is 2.67 bits per heavy atom. The average molecular weight is 205 g/mol. The van der Waals surface area contributed by atoms with Crippen molar-refractivity contribution >= 4 is 0 Å². The van der Waals surface area contributed by atoms with E-state index in [2.05, 4.69) is 10.0 Å². The lowest BCUT2D eigenvalue weighted by molar-refractivity contribution is 0.305. The Morgan fingerprint density at radius 2 is 1.93 bits per heavy atom. The summed E-state index contributed by atoms with van der Waals surface area (Å²) in [5.41, 5.74) is 8.05. The quantitative estimate of drug-likeness (QED) is 0.290. The third-order valence-electron chi connectivity index (χ3n) is 1.98. The molecule has 0 radical (unpaired) electrons. The highest BCUT2D eigenvalue weighted by Crippen LogP contribution is 2.09. The van der Waals surface area contributed by atoms with Crippen molar-refractivity contribution in [2.24, 2.45) is 5.11 Å². The lowest BCUT2D eigenvalue weighted by Crippen LogP contribution is -1.97. The minimum Gasteiger partial charge on any atom is -0.494 e. The molecule has 0 bridgehead atoms. The van der Waals surface area contributed by atoms with Crippen LogP contribution in [0.5, 0.6) is 5.75 Å². The second-order valence-electron chi connectivity index (χ2n) is 3.18. The Bertz CT molecular complexity index is 307. The molecule has 0 aromatic heterocycles. The first-order valence-corrected chi connectivity index (χ1v) is 5.12. The number of unbranched alkanes of at least 4 members (excludes halogenated alkanes) is 2. The van der Waals surface area contributed by atoms with E-state index in [0.29, 0.717) is 6.54 Å². The fraction of sp³-hybridized carbons (Fsp3) is 0.455. The molecule has 15 heavy (non-hydrogen) atoms. The maximum atomic E-state index is 8.05. The molecule has 4 nitrogen and oxygen atoms in total. The van der Waals surface area contributed by atoms with E-state index in [0.717, 1.165) is 31.6 Å². The maximum absolute atomic E-state index is 8.05. The number of nitrogens with zero attached hydrogens (tertiary/aromatic N) is 3. The summed E-state index contributed by atoms with van der Waals surface area (Å²) in [6.45, 7) is 1.31. The van der Waals surface area contributed by atoms with Gasteiger partial charge in [-0.15, -0.1) is 0 Å². The van der Waals surface area contributed by atoms with Gasteiger partial charge in [0.25, 0.3) is 0 Å². The largest absolute Gasteiger partial charge is 0.494 e. The van der Waals surface area contributed by atoms with Gasteiger partial charge in [0, 0.05) is 11.5 Å². The van der Waals surface area contributed by atoms with Crippen LogP contribution in [0.3, 0.4) is 0 Å². The minimum atomic E-state index is 0.585. The molecule has 0 N–H and O–H groups in total. The Balaban J connectivity index is 2.00. The number of benzene rings is 1. The number of ether oxygens (including phenoxy) is 1. The van der Waals surface area contributed by atoms with Crippen molar-refractivity contribution in [1.82, 2.24) is 0 Å². The van der Waals surface area contributed by atoms with Gasteiger partial charge in [0.15, 0.2) is 0 Å². The number of hydrogen-bond acceptors (Lipinski definition) is 2. The van der Waals surface area contributed by atoms with Crippen molar-refractivity contribution in [3.05, 3.63) is 40.8 Å². The predicted molar refractivity (Wildman–Crippen MR) is 59.8 cm³/mol. The first-order valence-electron chi connectivity index (χ1n) is 5.12. The predicted octanol–water partition coefficient (Wildman–Crippen LogP) is 3.55. The highest BCUT2D eigenvalue weighted by molar-refractivity contribution is 5.20. The fourth-order valence-electron chi connectivity index (χ4n) is 1.21. The third-order valence-corrected chi connectivity index (χ3v) is 1.98. The maximum Gasteiger partial charge on any atom is 0.119 e. The molecule has 0 saturated heterocycles. The zero-order valence-electron chi connectivity index (χ0n) is 8.67. The van der Waals surface area contributed by atoms with Gasteiger partial charge < -0.3 is 4.74 Å². The Morgan fingerprint density at radius 1 is 1.13 bits per heavy atom. The zero-order valence-corrected chi connectivity index (χ0v) is 8.67. The first kappa shape index (κ1) is 11.4. The Hall–Kier alpha value is -1.67. The highest BCUT2D eigenvalue weighted by Gasteiger charge is 1.91. The van der Waals surface area contributed by atoms with Crippen LogP contribution in [0.1, 0.15) is 19.3 Å². The van der Waals surface area contributed by atoms with E-state index in [1.807, 2.05) is 30.3 Å². The standard InChI is InChI=1S/C11H15N3O/c12-14-13-9-5-2-6-10-15-11-7-3-1-4-8-11/h1,3-4,7-8H,2,5-6,9-10H2. The lowest BCUT2D eigenvalue weighted by Gasteiger charge is -2.04. The van der Waals surface area contributed by atoms with Gasteiger partial charge in [-0.05, 0) is 36.9 Å². The molecule has 0 saturated carbocycles. The van der Waals surface area contributed by atoms with Crippen LogP contribution < -0.4 is 4.74 Å². The van der Waals surface area contributed by atoms with E-state index < -0.39 is 0 Å². The van der Waals surface area contributed by atoms with Crippen LogP contribution in [0.25, 0.3) is 10.4 Å². The summed E-state index contributed by atoms with van der Waals surface area (Å²) in [5, 5.41) is 3.47. The normalized spacial score (nSPS) is 9.33. The van der Waals surface area contributed by atoms with Gasteiger partial charge in [0.1, 0.15) is 5.75 Å². The Kier molecular flexibility index (Phi) is 5.86. The van der Waals surface area contributed by atoms with Gasteiger partial charge >= 0.3 is 0 Å². The number of hydrogen-bond donors (Lipinski definition) is 0. The first-order chi connectivity index (χ1) is 7.43. The van der Waals surface area contributed by atoms with Gasteiger partial charge in [-0.3, -0.25) is 0 Å². The highest BCUT2D eigenvalue weighted by atomic mass is 16.5. The molecule has 0 spiro atoms. The number of para-hydroxylation sites is 1. The monoisotopic (exact) mass is 205 g/mol. The third kappa shape index (κ3) is 5.60. The summed E-state index contributed by atoms with van der Waals surface area (Å²) in [4.78, 5) is 2.69. The molecule has 0 heterocycles. The van der Waals surface area contributed by atoms with Crippen LogP contribution in [0, 0.1) is 0 Å². The molecule has 0 aliphatic carbocycles. The molecule has 0 unspecified atom stereocenters. The van der Waals surface area contributed by atoms with Crippen molar-refractivity contribution in [2.45, 2.75) is 19.3 Å². The van der Waals surface area contributed by atoms with Crippen LogP contribution in [-0.2, 0) is 0 Å². The second-order valence-corrected chi connectivity index (χ2v) is 3.18. The second kappa shape index (κ2) is 7.71. The molecule has 1 aromatic rings. The van der Waals surface area contributed by atoms with Crippen molar-refractivity contribution < 1.29 is 4.74 Å². The van der Waals surface area contributed by atoms with E-state index in [-0.39, 0.29) is 0 Å². The van der Waals surface area contributed by atoms with Crippen molar-refractivity contribution in [3.8, 4) is 5.75 Å². The molecule has 4 heteroatoms. The summed E-state index contributed by atoms with van der Waals surface area (Å²) in [5.74, 6) is 0.910. The molecule has 1 rings (SSSR count). The number of rotatable bonds is 7. The van der Waals surface area contributed by atoms with Crippen molar-refractivity contribution in [2.75, 3.05) is 13.2 Å². The van der Waals surface area contributed by atoms with Crippen molar-refractivity contribution in [1.29, 1.82) is 0 Å². The summed E-state index contributed by atoms with van der Waals surface area (Å²) < 4.78 is 5.51. The zero-order chi connectivity index (χ0) is 10.8. The van der Waals surface area contributed by atoms with Gasteiger partial charge in [-0.25, -0.2) is 0 Å². The van der Waals surface area contributed by atoms with E-state index >= 15 is 0 Å². The van der Waals surface area contributed by atoms with Crippen LogP contribution in [0.2, 0.25) is 0 Å². The lowest BCUT2D eigenvalue weighted by atomic mass is 10.2. The smallest absolute Gasteiger partial charge is 0.119 e. The summed E-state index contributed by atoms with van der Waals surface area (Å²) in [6.07, 6.45) is 2.96. The Labute approximate surface area is 89.5 Å². The van der Waals surface area contributed by atoms with Gasteiger partial charge in [0.05, 0.1) is 6.61 Å². The van der Waals surface area contributed by atoms with Gasteiger partial charge in [0.2, 0.25) is 0 Å². The molecule has 0 amide bonds. The molecular weight excluding hydrogens is 190 g/mol. The average Bonchev–Trinajstić information content (AvgIpc) is 2.29. The SMILES string of the molecule is [N-]=[N+]=NCCCCCOc1ccccc1. The summed E-state index contributed by atoms with van der Waals surface area (Å²) in [7, 11) is 0. The van der Waals surface area contributed by atoms with E-state index in [1.54, 1.807) is 0 Å². The summed E-state index contributed by atoms with van der Waals surface area (Å²) in [6, 6.07) is 9.76. The molecule has 0 aliphatic heterocycles. The van der Waals surface area contributed by atoms with E-state index in [9.17, 15) is 0 Å². The van der Waals surface area contributed by atoms with E-state index in [1.165, 1.54) is 0 Å². The van der Waals surface area contributed by atoms with Crippen LogP contribution in [0.15, 0.2) is 35.4 Å². The molecule has 80 valence electrons. The van der Waals surface area contributed by atoms with Crippen LogP contribution in [0.4, 0.5) is 0 Å². The fourth-order valence-corrected chi connectivity index (χ4v) is 1.21. The molecule has 0 atom stereocenters. The molecule has 0 fully saturated rings. The van der Waals surface area contributed by atoms with Gasteiger partial charge in [-0.1, -0.05) is 23.3 Å². The molecule has 0 aliphatic rings. The van der Waals surface area contributed by atoms with Crippen LogP contribution in [-0.4, -0.2) is 13.2 Å². The molecular formula is C11H15N3O. The molecule has 1 aromatic carbocycles. The topological polar surface area (TPSA) is 58.0 Å². The minimum absolute atomic E-state index is 0.585. The summed E-state index contributed by atoms with van der Waals surface area (Å²) >= 11 is 0. The number of azide groups is 1.